The number of benzene rings is 1. The lowest BCUT2D eigenvalue weighted by molar-refractivity contribution is 0.157. The molecule has 98 valence electrons. The Labute approximate surface area is 107 Å². The van der Waals surface area contributed by atoms with Gasteiger partial charge < -0.3 is 19.7 Å². The number of rotatable bonds is 5. The largest absolute Gasteiger partial charge is 0.496 e. The number of nitrogens with zero attached hydrogens (tertiary/aromatic N) is 1. The van der Waals surface area contributed by atoms with E-state index >= 15 is 0 Å². The highest BCUT2D eigenvalue weighted by molar-refractivity contribution is 5.69. The van der Waals surface area contributed by atoms with Crippen molar-refractivity contribution in [3.63, 3.8) is 0 Å². The van der Waals surface area contributed by atoms with Crippen LogP contribution in [0.2, 0.25) is 0 Å². The average Bonchev–Trinajstić information content (AvgIpc) is 2.76. The van der Waals surface area contributed by atoms with Crippen molar-refractivity contribution in [3.05, 3.63) is 29.3 Å². The van der Waals surface area contributed by atoms with Gasteiger partial charge in [-0.25, -0.2) is 4.79 Å². The minimum Gasteiger partial charge on any atom is -0.496 e. The fourth-order valence-corrected chi connectivity index (χ4v) is 2.04. The number of amides is 1. The van der Waals surface area contributed by atoms with E-state index < -0.39 is 0 Å². The normalized spacial score (nSPS) is 14.8. The van der Waals surface area contributed by atoms with Gasteiger partial charge in [0.1, 0.15) is 12.4 Å². The van der Waals surface area contributed by atoms with E-state index in [1.807, 2.05) is 19.2 Å². The summed E-state index contributed by atoms with van der Waals surface area (Å²) in [5.74, 6) is 0.801. The molecule has 1 fully saturated rings. The first kappa shape index (κ1) is 12.7. The van der Waals surface area contributed by atoms with Crippen LogP contribution in [0, 0.1) is 0 Å². The number of hydrogen-bond acceptors (Lipinski definition) is 4. The predicted octanol–water partition coefficient (Wildman–Crippen LogP) is 1.37. The highest BCUT2D eigenvalue weighted by Gasteiger charge is 2.23. The minimum absolute atomic E-state index is 0.254. The molecule has 1 amide bonds. The number of ether oxygens (including phenoxy) is 2. The summed E-state index contributed by atoms with van der Waals surface area (Å²) >= 11 is 0. The third-order valence-corrected chi connectivity index (χ3v) is 2.93. The van der Waals surface area contributed by atoms with Crippen LogP contribution in [-0.2, 0) is 17.8 Å². The van der Waals surface area contributed by atoms with E-state index in [0.717, 1.165) is 17.9 Å². The lowest BCUT2D eigenvalue weighted by Crippen LogP contribution is -2.24. The van der Waals surface area contributed by atoms with Crippen LogP contribution in [0.3, 0.4) is 0 Å². The summed E-state index contributed by atoms with van der Waals surface area (Å²) in [5, 5.41) is 3.11. The van der Waals surface area contributed by atoms with Gasteiger partial charge in [0.15, 0.2) is 0 Å². The van der Waals surface area contributed by atoms with Gasteiger partial charge in [-0.3, -0.25) is 0 Å². The third kappa shape index (κ3) is 2.73. The lowest BCUT2D eigenvalue weighted by atomic mass is 10.1. The number of cyclic esters (lactones) is 1. The maximum absolute atomic E-state index is 11.4. The Morgan fingerprint density at radius 2 is 2.33 bits per heavy atom. The van der Waals surface area contributed by atoms with E-state index in [-0.39, 0.29) is 6.09 Å². The van der Waals surface area contributed by atoms with E-state index in [1.165, 1.54) is 5.56 Å². The first-order chi connectivity index (χ1) is 8.74. The molecule has 1 aromatic rings. The second-order valence-corrected chi connectivity index (χ2v) is 4.21. The summed E-state index contributed by atoms with van der Waals surface area (Å²) in [6.45, 7) is 2.43. The molecule has 18 heavy (non-hydrogen) atoms. The summed E-state index contributed by atoms with van der Waals surface area (Å²) < 4.78 is 10.2. The second kappa shape index (κ2) is 5.73. The molecule has 1 N–H and O–H groups in total. The monoisotopic (exact) mass is 250 g/mol. The van der Waals surface area contributed by atoms with Gasteiger partial charge in [-0.1, -0.05) is 6.07 Å². The molecule has 0 atom stereocenters. The van der Waals surface area contributed by atoms with Crippen molar-refractivity contribution in [2.75, 3.05) is 27.3 Å². The summed E-state index contributed by atoms with van der Waals surface area (Å²) in [4.78, 5) is 13.1. The Balaban J connectivity index is 2.18. The molecule has 0 aromatic heterocycles. The highest BCUT2D eigenvalue weighted by Crippen LogP contribution is 2.22. The number of methoxy groups -OCH3 is 1. The van der Waals surface area contributed by atoms with Crippen molar-refractivity contribution in [2.24, 2.45) is 0 Å². The first-order valence-corrected chi connectivity index (χ1v) is 5.96. The maximum Gasteiger partial charge on any atom is 0.410 e. The molecule has 1 aliphatic heterocycles. The molecule has 5 heteroatoms. The Kier molecular flexibility index (Phi) is 4.04. The van der Waals surface area contributed by atoms with Gasteiger partial charge in [0, 0.05) is 12.1 Å². The molecule has 0 radical (unpaired) electrons. The molecule has 1 aliphatic rings. The fraction of sp³-hybridized carbons (Fsp3) is 0.462. The van der Waals surface area contributed by atoms with Crippen molar-refractivity contribution < 1.29 is 14.3 Å². The van der Waals surface area contributed by atoms with Gasteiger partial charge in [0.05, 0.1) is 20.2 Å². The molecule has 1 aromatic carbocycles. The Morgan fingerprint density at radius 3 is 2.94 bits per heavy atom. The predicted molar refractivity (Wildman–Crippen MR) is 67.5 cm³/mol. The van der Waals surface area contributed by atoms with Crippen LogP contribution in [0.1, 0.15) is 11.1 Å². The fourth-order valence-electron chi connectivity index (χ4n) is 2.04. The molecular weight excluding hydrogens is 232 g/mol. The second-order valence-electron chi connectivity index (χ2n) is 4.21. The van der Waals surface area contributed by atoms with Crippen LogP contribution in [0.15, 0.2) is 18.2 Å². The van der Waals surface area contributed by atoms with Gasteiger partial charge in [-0.05, 0) is 24.7 Å². The van der Waals surface area contributed by atoms with Gasteiger partial charge in [0.25, 0.3) is 0 Å². The SMILES string of the molecule is CNCc1ccc(OC)c(CN2CCOC2=O)c1. The smallest absolute Gasteiger partial charge is 0.410 e. The quantitative estimate of drug-likeness (QED) is 0.857. The van der Waals surface area contributed by atoms with E-state index in [0.29, 0.717) is 19.7 Å². The molecule has 0 saturated carbocycles. The zero-order valence-corrected chi connectivity index (χ0v) is 10.7. The van der Waals surface area contributed by atoms with Crippen molar-refractivity contribution in [1.29, 1.82) is 0 Å². The van der Waals surface area contributed by atoms with Crippen LogP contribution >= 0.6 is 0 Å². The molecule has 1 heterocycles. The van der Waals surface area contributed by atoms with Crippen LogP contribution in [0.4, 0.5) is 4.79 Å². The van der Waals surface area contributed by atoms with Gasteiger partial charge in [-0.15, -0.1) is 0 Å². The minimum atomic E-state index is -0.254. The van der Waals surface area contributed by atoms with Crippen molar-refractivity contribution >= 4 is 6.09 Å². The van der Waals surface area contributed by atoms with Crippen LogP contribution in [0.5, 0.6) is 5.75 Å². The number of carbonyl (C=O) groups excluding carboxylic acids is 1. The van der Waals surface area contributed by atoms with E-state index in [4.69, 9.17) is 9.47 Å². The lowest BCUT2D eigenvalue weighted by Gasteiger charge is -2.16. The summed E-state index contributed by atoms with van der Waals surface area (Å²) in [6, 6.07) is 6.01. The molecule has 5 nitrogen and oxygen atoms in total. The van der Waals surface area contributed by atoms with Crippen molar-refractivity contribution in [2.45, 2.75) is 13.1 Å². The zero-order valence-electron chi connectivity index (χ0n) is 10.7. The maximum atomic E-state index is 11.4. The van der Waals surface area contributed by atoms with Gasteiger partial charge in [0.2, 0.25) is 0 Å². The average molecular weight is 250 g/mol. The van der Waals surface area contributed by atoms with Gasteiger partial charge in [-0.2, -0.15) is 0 Å². The van der Waals surface area contributed by atoms with E-state index in [9.17, 15) is 4.79 Å². The standard InChI is InChI=1S/C13H18N2O3/c1-14-8-10-3-4-12(17-2)11(7-10)9-15-5-6-18-13(15)16/h3-4,7,14H,5-6,8-9H2,1-2H3. The topological polar surface area (TPSA) is 50.8 Å². The Bertz CT molecular complexity index is 434. The highest BCUT2D eigenvalue weighted by atomic mass is 16.6. The summed E-state index contributed by atoms with van der Waals surface area (Å²) in [6.07, 6.45) is -0.254. The Hall–Kier alpha value is -1.75. The molecule has 0 spiro atoms. The van der Waals surface area contributed by atoms with Crippen LogP contribution in [-0.4, -0.2) is 38.3 Å². The molecular formula is C13H18N2O3. The molecule has 1 saturated heterocycles. The number of nitrogens with one attached hydrogen (secondary N) is 1. The molecule has 2 rings (SSSR count). The molecule has 0 unspecified atom stereocenters. The van der Waals surface area contributed by atoms with Gasteiger partial charge >= 0.3 is 6.09 Å². The molecule has 0 aliphatic carbocycles. The summed E-state index contributed by atoms with van der Waals surface area (Å²) in [5.41, 5.74) is 2.17. The van der Waals surface area contributed by atoms with Crippen molar-refractivity contribution in [3.8, 4) is 5.75 Å². The Morgan fingerprint density at radius 1 is 1.50 bits per heavy atom. The van der Waals surface area contributed by atoms with Crippen LogP contribution < -0.4 is 10.1 Å². The third-order valence-electron chi connectivity index (χ3n) is 2.93. The summed E-state index contributed by atoms with van der Waals surface area (Å²) in [7, 11) is 3.54. The number of carbonyl (C=O) groups is 1. The van der Waals surface area contributed by atoms with Crippen molar-refractivity contribution in [1.82, 2.24) is 10.2 Å². The van der Waals surface area contributed by atoms with E-state index in [1.54, 1.807) is 12.0 Å². The van der Waals surface area contributed by atoms with E-state index in [2.05, 4.69) is 11.4 Å². The number of hydrogen-bond donors (Lipinski definition) is 1. The first-order valence-electron chi connectivity index (χ1n) is 5.96. The zero-order chi connectivity index (χ0) is 13.0. The molecule has 0 bridgehead atoms. The van der Waals surface area contributed by atoms with Crippen LogP contribution in [0.25, 0.3) is 0 Å².